The summed E-state index contributed by atoms with van der Waals surface area (Å²) in [4.78, 5) is 15.7. The van der Waals surface area contributed by atoms with Gasteiger partial charge in [0.05, 0.1) is 11.7 Å². The molecule has 0 radical (unpaired) electrons. The van der Waals surface area contributed by atoms with Crippen LogP contribution in [0.1, 0.15) is 30.4 Å². The predicted molar refractivity (Wildman–Crippen MR) is 78.9 cm³/mol. The SMILES string of the molecule is Cc1nc(Nc2ccccn2)cc(C2CCCN2C)n1. The van der Waals surface area contributed by atoms with Crippen LogP contribution in [0.15, 0.2) is 30.5 Å². The van der Waals surface area contributed by atoms with Crippen molar-refractivity contribution in [3.8, 4) is 0 Å². The van der Waals surface area contributed by atoms with E-state index in [0.717, 1.165) is 36.1 Å². The summed E-state index contributed by atoms with van der Waals surface area (Å²) in [5.74, 6) is 2.41. The van der Waals surface area contributed by atoms with E-state index in [4.69, 9.17) is 0 Å². The Hall–Kier alpha value is -2.01. The summed E-state index contributed by atoms with van der Waals surface area (Å²) in [6.45, 7) is 3.07. The molecular formula is C15H19N5. The lowest BCUT2D eigenvalue weighted by atomic mass is 10.1. The van der Waals surface area contributed by atoms with Crippen molar-refractivity contribution in [3.05, 3.63) is 42.0 Å². The first kappa shape index (κ1) is 13.0. The molecule has 1 saturated heterocycles. The van der Waals surface area contributed by atoms with E-state index in [1.54, 1.807) is 6.20 Å². The lowest BCUT2D eigenvalue weighted by Crippen LogP contribution is -2.19. The second kappa shape index (κ2) is 5.54. The summed E-state index contributed by atoms with van der Waals surface area (Å²) < 4.78 is 0. The fourth-order valence-corrected chi connectivity index (χ4v) is 2.68. The smallest absolute Gasteiger partial charge is 0.135 e. The molecule has 0 saturated carbocycles. The molecule has 1 atom stereocenters. The van der Waals surface area contributed by atoms with Gasteiger partial charge in [0.25, 0.3) is 0 Å². The first-order valence-electron chi connectivity index (χ1n) is 6.96. The van der Waals surface area contributed by atoms with Crippen LogP contribution in [0.25, 0.3) is 0 Å². The van der Waals surface area contributed by atoms with Crippen LogP contribution in [0.5, 0.6) is 0 Å². The summed E-state index contributed by atoms with van der Waals surface area (Å²) in [5, 5.41) is 3.24. The van der Waals surface area contributed by atoms with Gasteiger partial charge >= 0.3 is 0 Å². The molecule has 3 rings (SSSR count). The molecule has 1 fully saturated rings. The van der Waals surface area contributed by atoms with Crippen molar-refractivity contribution in [2.45, 2.75) is 25.8 Å². The average Bonchev–Trinajstić information content (AvgIpc) is 2.85. The largest absolute Gasteiger partial charge is 0.325 e. The minimum atomic E-state index is 0.404. The van der Waals surface area contributed by atoms with Gasteiger partial charge in [-0.2, -0.15) is 0 Å². The van der Waals surface area contributed by atoms with Gasteiger partial charge in [-0.3, -0.25) is 4.90 Å². The summed E-state index contributed by atoms with van der Waals surface area (Å²) in [5.41, 5.74) is 1.09. The van der Waals surface area contributed by atoms with E-state index in [-0.39, 0.29) is 0 Å². The lowest BCUT2D eigenvalue weighted by molar-refractivity contribution is 0.311. The predicted octanol–water partition coefficient (Wildman–Crippen LogP) is 2.69. The van der Waals surface area contributed by atoms with Crippen molar-refractivity contribution >= 4 is 11.6 Å². The molecule has 1 aliphatic rings. The lowest BCUT2D eigenvalue weighted by Gasteiger charge is -2.19. The fourth-order valence-electron chi connectivity index (χ4n) is 2.68. The molecule has 2 aromatic rings. The minimum Gasteiger partial charge on any atom is -0.325 e. The molecular weight excluding hydrogens is 250 g/mol. The number of nitrogens with one attached hydrogen (secondary N) is 1. The second-order valence-electron chi connectivity index (χ2n) is 5.20. The molecule has 0 bridgehead atoms. The van der Waals surface area contributed by atoms with E-state index in [9.17, 15) is 0 Å². The number of hydrogen-bond donors (Lipinski definition) is 1. The van der Waals surface area contributed by atoms with Crippen LogP contribution in [0.4, 0.5) is 11.6 Å². The van der Waals surface area contributed by atoms with Crippen molar-refractivity contribution in [2.75, 3.05) is 18.9 Å². The molecule has 5 heteroatoms. The maximum atomic E-state index is 4.59. The standard InChI is InChI=1S/C15H19N5/c1-11-17-12(13-6-5-9-20(13)2)10-15(18-11)19-14-7-3-4-8-16-14/h3-4,7-8,10,13H,5-6,9H2,1-2H3,(H,16,17,18,19). The van der Waals surface area contributed by atoms with Crippen molar-refractivity contribution in [1.82, 2.24) is 19.9 Å². The van der Waals surface area contributed by atoms with Gasteiger partial charge in [0, 0.05) is 12.3 Å². The van der Waals surface area contributed by atoms with E-state index in [0.29, 0.717) is 6.04 Å². The van der Waals surface area contributed by atoms with E-state index in [1.807, 2.05) is 31.2 Å². The van der Waals surface area contributed by atoms with E-state index >= 15 is 0 Å². The van der Waals surface area contributed by atoms with Crippen LogP contribution in [-0.2, 0) is 0 Å². The Morgan fingerprint density at radius 2 is 2.15 bits per heavy atom. The second-order valence-corrected chi connectivity index (χ2v) is 5.20. The normalized spacial score (nSPS) is 19.2. The highest BCUT2D eigenvalue weighted by Crippen LogP contribution is 2.30. The molecule has 3 heterocycles. The Morgan fingerprint density at radius 1 is 1.25 bits per heavy atom. The van der Waals surface area contributed by atoms with Gasteiger partial charge in [0.1, 0.15) is 17.5 Å². The Balaban J connectivity index is 1.87. The van der Waals surface area contributed by atoms with Gasteiger partial charge in [-0.1, -0.05) is 6.07 Å². The molecule has 0 amide bonds. The zero-order chi connectivity index (χ0) is 13.9. The molecule has 5 nitrogen and oxygen atoms in total. The monoisotopic (exact) mass is 269 g/mol. The Labute approximate surface area is 119 Å². The quantitative estimate of drug-likeness (QED) is 0.928. The maximum Gasteiger partial charge on any atom is 0.135 e. The number of hydrogen-bond acceptors (Lipinski definition) is 5. The van der Waals surface area contributed by atoms with Crippen LogP contribution in [0, 0.1) is 6.92 Å². The van der Waals surface area contributed by atoms with Crippen molar-refractivity contribution in [2.24, 2.45) is 0 Å². The summed E-state index contributed by atoms with van der Waals surface area (Å²) in [7, 11) is 2.15. The first-order chi connectivity index (χ1) is 9.72. The fraction of sp³-hybridized carbons (Fsp3) is 0.400. The first-order valence-corrected chi connectivity index (χ1v) is 6.96. The molecule has 1 aliphatic heterocycles. The number of aromatic nitrogens is 3. The Bertz CT molecular complexity index is 584. The van der Waals surface area contributed by atoms with Crippen LogP contribution in [-0.4, -0.2) is 33.4 Å². The van der Waals surface area contributed by atoms with Gasteiger partial charge in [-0.05, 0) is 45.5 Å². The number of aryl methyl sites for hydroxylation is 1. The number of nitrogens with zero attached hydrogens (tertiary/aromatic N) is 4. The van der Waals surface area contributed by atoms with Gasteiger partial charge in [-0.15, -0.1) is 0 Å². The van der Waals surface area contributed by atoms with Crippen LogP contribution in [0.3, 0.4) is 0 Å². The molecule has 0 aromatic carbocycles. The van der Waals surface area contributed by atoms with Crippen molar-refractivity contribution < 1.29 is 0 Å². The zero-order valence-electron chi connectivity index (χ0n) is 11.9. The van der Waals surface area contributed by atoms with E-state index in [2.05, 4.69) is 32.2 Å². The van der Waals surface area contributed by atoms with Crippen LogP contribution >= 0.6 is 0 Å². The van der Waals surface area contributed by atoms with Gasteiger partial charge in [0.15, 0.2) is 0 Å². The molecule has 2 aromatic heterocycles. The summed E-state index contributed by atoms with van der Waals surface area (Å²) >= 11 is 0. The highest BCUT2D eigenvalue weighted by molar-refractivity contribution is 5.51. The number of pyridine rings is 1. The Kier molecular flexibility index (Phi) is 3.60. The molecule has 20 heavy (non-hydrogen) atoms. The summed E-state index contributed by atoms with van der Waals surface area (Å²) in [6, 6.07) is 8.22. The highest BCUT2D eigenvalue weighted by atomic mass is 15.2. The van der Waals surface area contributed by atoms with Gasteiger partial charge in [0.2, 0.25) is 0 Å². The average molecular weight is 269 g/mol. The number of anilines is 2. The topological polar surface area (TPSA) is 53.9 Å². The highest BCUT2D eigenvalue weighted by Gasteiger charge is 2.24. The van der Waals surface area contributed by atoms with Crippen LogP contribution in [0.2, 0.25) is 0 Å². The van der Waals surface area contributed by atoms with Gasteiger partial charge in [-0.25, -0.2) is 15.0 Å². The van der Waals surface area contributed by atoms with Gasteiger partial charge < -0.3 is 5.32 Å². The molecule has 104 valence electrons. The number of rotatable bonds is 3. The van der Waals surface area contributed by atoms with E-state index in [1.165, 1.54) is 6.42 Å². The maximum absolute atomic E-state index is 4.59. The van der Waals surface area contributed by atoms with Crippen LogP contribution < -0.4 is 5.32 Å². The zero-order valence-corrected chi connectivity index (χ0v) is 11.9. The molecule has 0 spiro atoms. The third kappa shape index (κ3) is 2.77. The minimum absolute atomic E-state index is 0.404. The molecule has 1 unspecified atom stereocenters. The number of likely N-dealkylation sites (tertiary alicyclic amines) is 1. The third-order valence-corrected chi connectivity index (χ3v) is 3.64. The molecule has 0 aliphatic carbocycles. The van der Waals surface area contributed by atoms with E-state index < -0.39 is 0 Å². The van der Waals surface area contributed by atoms with Crippen molar-refractivity contribution in [3.63, 3.8) is 0 Å². The summed E-state index contributed by atoms with van der Waals surface area (Å²) in [6.07, 6.45) is 4.16. The Morgan fingerprint density at radius 3 is 2.85 bits per heavy atom. The van der Waals surface area contributed by atoms with Crippen molar-refractivity contribution in [1.29, 1.82) is 0 Å². The molecule has 1 N–H and O–H groups in total. The third-order valence-electron chi connectivity index (χ3n) is 3.64.